The minimum Gasteiger partial charge on any atom is -0.393 e. The van der Waals surface area contributed by atoms with Crippen LogP contribution < -0.4 is 5.73 Å². The van der Waals surface area contributed by atoms with Crippen LogP contribution in [-0.4, -0.2) is 22.8 Å². The van der Waals surface area contributed by atoms with Gasteiger partial charge < -0.3 is 10.6 Å². The minimum atomic E-state index is -0.620. The molecule has 0 atom stereocenters. The van der Waals surface area contributed by atoms with Crippen LogP contribution in [0.4, 0.5) is 11.4 Å². The van der Waals surface area contributed by atoms with Gasteiger partial charge in [-0.25, -0.2) is 0 Å². The lowest BCUT2D eigenvalue weighted by atomic mass is 10.1. The van der Waals surface area contributed by atoms with E-state index in [1.165, 1.54) is 23.1 Å². The number of rotatable bonds is 4. The fourth-order valence-electron chi connectivity index (χ4n) is 2.04. The van der Waals surface area contributed by atoms with Crippen molar-refractivity contribution in [3.8, 4) is 0 Å². The number of anilines is 1. The highest BCUT2D eigenvalue weighted by molar-refractivity contribution is 6.42. The molecule has 0 heterocycles. The molecule has 0 aromatic heterocycles. The van der Waals surface area contributed by atoms with Crippen LogP contribution >= 0.6 is 23.2 Å². The molecule has 120 valence electrons. The van der Waals surface area contributed by atoms with Crippen LogP contribution in [0, 0.1) is 10.1 Å². The molecule has 8 heteroatoms. The zero-order valence-electron chi connectivity index (χ0n) is 12.1. The fourth-order valence-corrected chi connectivity index (χ4v) is 2.36. The standard InChI is InChI=1S/C15H13Cl2N3O3/c1-19(8-9-2-4-11(16)12(17)6-9)15(21)10-3-5-13(18)14(7-10)20(22)23/h2-7H,8,18H2,1H3. The largest absolute Gasteiger partial charge is 0.393 e. The van der Waals surface area contributed by atoms with Gasteiger partial charge in [0.2, 0.25) is 0 Å². The first kappa shape index (κ1) is 17.1. The molecular weight excluding hydrogens is 341 g/mol. The summed E-state index contributed by atoms with van der Waals surface area (Å²) in [7, 11) is 1.59. The van der Waals surface area contributed by atoms with Gasteiger partial charge >= 0.3 is 0 Å². The number of nitrogens with zero attached hydrogens (tertiary/aromatic N) is 2. The fraction of sp³-hybridized carbons (Fsp3) is 0.133. The van der Waals surface area contributed by atoms with Crippen LogP contribution in [-0.2, 0) is 6.54 Å². The number of nitro groups is 1. The van der Waals surface area contributed by atoms with E-state index in [1.807, 2.05) is 0 Å². The molecule has 0 saturated carbocycles. The third-order valence-electron chi connectivity index (χ3n) is 3.22. The summed E-state index contributed by atoms with van der Waals surface area (Å²) >= 11 is 11.8. The van der Waals surface area contributed by atoms with E-state index < -0.39 is 4.92 Å². The van der Waals surface area contributed by atoms with Gasteiger partial charge in [-0.15, -0.1) is 0 Å². The zero-order chi connectivity index (χ0) is 17.1. The second-order valence-corrected chi connectivity index (χ2v) is 5.75. The van der Waals surface area contributed by atoms with E-state index in [0.29, 0.717) is 10.0 Å². The van der Waals surface area contributed by atoms with Crippen molar-refractivity contribution in [2.24, 2.45) is 0 Å². The van der Waals surface area contributed by atoms with Crippen LogP contribution in [0.2, 0.25) is 10.0 Å². The predicted molar refractivity (Wildman–Crippen MR) is 89.8 cm³/mol. The van der Waals surface area contributed by atoms with Gasteiger partial charge in [0.25, 0.3) is 11.6 Å². The molecule has 2 aromatic carbocycles. The summed E-state index contributed by atoms with van der Waals surface area (Å²) in [6.07, 6.45) is 0. The predicted octanol–water partition coefficient (Wildman–Crippen LogP) is 3.76. The molecule has 2 aromatic rings. The molecule has 0 bridgehead atoms. The lowest BCUT2D eigenvalue weighted by Gasteiger charge is -2.17. The number of nitrogens with two attached hydrogens (primary N) is 1. The number of nitro benzene ring substituents is 1. The quantitative estimate of drug-likeness (QED) is 0.514. The van der Waals surface area contributed by atoms with Crippen molar-refractivity contribution in [2.75, 3.05) is 12.8 Å². The number of benzene rings is 2. The third-order valence-corrected chi connectivity index (χ3v) is 3.96. The number of carbonyl (C=O) groups excluding carboxylic acids is 1. The summed E-state index contributed by atoms with van der Waals surface area (Å²) in [5.74, 6) is -0.362. The van der Waals surface area contributed by atoms with E-state index in [9.17, 15) is 14.9 Å². The SMILES string of the molecule is CN(Cc1ccc(Cl)c(Cl)c1)C(=O)c1ccc(N)c([N+](=O)[O-])c1. The van der Waals surface area contributed by atoms with E-state index >= 15 is 0 Å². The summed E-state index contributed by atoms with van der Waals surface area (Å²) < 4.78 is 0. The molecule has 0 spiro atoms. The van der Waals surface area contributed by atoms with Crippen LogP contribution in [0.1, 0.15) is 15.9 Å². The Hall–Kier alpha value is -2.31. The smallest absolute Gasteiger partial charge is 0.292 e. The molecule has 0 aliphatic carbocycles. The molecule has 6 nitrogen and oxygen atoms in total. The van der Waals surface area contributed by atoms with E-state index in [-0.39, 0.29) is 29.4 Å². The van der Waals surface area contributed by atoms with Crippen molar-refractivity contribution in [3.05, 3.63) is 67.7 Å². The zero-order valence-corrected chi connectivity index (χ0v) is 13.6. The second-order valence-electron chi connectivity index (χ2n) is 4.94. The Labute approximate surface area is 142 Å². The molecule has 0 radical (unpaired) electrons. The van der Waals surface area contributed by atoms with Gasteiger partial charge in [0.1, 0.15) is 5.69 Å². The van der Waals surface area contributed by atoms with Crippen LogP contribution in [0.5, 0.6) is 0 Å². The van der Waals surface area contributed by atoms with Crippen molar-refractivity contribution >= 4 is 40.5 Å². The summed E-state index contributed by atoms with van der Waals surface area (Å²) in [5, 5.41) is 11.7. The number of nitrogen functional groups attached to an aromatic ring is 1. The Bertz CT molecular complexity index is 781. The molecule has 1 amide bonds. The maximum Gasteiger partial charge on any atom is 0.292 e. The highest BCUT2D eigenvalue weighted by Gasteiger charge is 2.18. The molecule has 2 rings (SSSR count). The Morgan fingerprint density at radius 3 is 2.52 bits per heavy atom. The Balaban J connectivity index is 2.21. The monoisotopic (exact) mass is 353 g/mol. The lowest BCUT2D eigenvalue weighted by Crippen LogP contribution is -2.26. The van der Waals surface area contributed by atoms with Gasteiger partial charge in [0, 0.05) is 25.2 Å². The molecule has 0 aliphatic rings. The van der Waals surface area contributed by atoms with E-state index in [1.54, 1.807) is 25.2 Å². The van der Waals surface area contributed by atoms with Crippen molar-refractivity contribution in [1.82, 2.24) is 4.90 Å². The van der Waals surface area contributed by atoms with Gasteiger partial charge in [-0.05, 0) is 29.8 Å². The molecule has 0 saturated heterocycles. The number of halogens is 2. The maximum absolute atomic E-state index is 12.4. The first-order valence-corrected chi connectivity index (χ1v) is 7.28. The lowest BCUT2D eigenvalue weighted by molar-refractivity contribution is -0.383. The van der Waals surface area contributed by atoms with Gasteiger partial charge in [-0.2, -0.15) is 0 Å². The summed E-state index contributed by atoms with van der Waals surface area (Å²) in [5.41, 5.74) is 6.23. The topological polar surface area (TPSA) is 89.5 Å². The average molecular weight is 354 g/mol. The summed E-state index contributed by atoms with van der Waals surface area (Å²) in [6.45, 7) is 0.286. The number of carbonyl (C=O) groups is 1. The number of hydrogen-bond donors (Lipinski definition) is 1. The van der Waals surface area contributed by atoms with Crippen molar-refractivity contribution in [2.45, 2.75) is 6.54 Å². The Morgan fingerprint density at radius 1 is 1.22 bits per heavy atom. The van der Waals surface area contributed by atoms with E-state index in [0.717, 1.165) is 5.56 Å². The van der Waals surface area contributed by atoms with E-state index in [2.05, 4.69) is 0 Å². The van der Waals surface area contributed by atoms with Crippen LogP contribution in [0.15, 0.2) is 36.4 Å². The van der Waals surface area contributed by atoms with Crippen molar-refractivity contribution < 1.29 is 9.72 Å². The number of amides is 1. The molecule has 0 fully saturated rings. The Morgan fingerprint density at radius 2 is 1.91 bits per heavy atom. The normalized spacial score (nSPS) is 10.4. The summed E-state index contributed by atoms with van der Waals surface area (Å²) in [4.78, 5) is 24.1. The highest BCUT2D eigenvalue weighted by Crippen LogP contribution is 2.25. The minimum absolute atomic E-state index is 0.0127. The third kappa shape index (κ3) is 3.91. The van der Waals surface area contributed by atoms with Gasteiger partial charge in [0.05, 0.1) is 15.0 Å². The second kappa shape index (κ2) is 6.85. The van der Waals surface area contributed by atoms with E-state index in [4.69, 9.17) is 28.9 Å². The Kier molecular flexibility index (Phi) is 5.08. The first-order valence-electron chi connectivity index (χ1n) is 6.53. The molecular formula is C15H13Cl2N3O3. The maximum atomic E-state index is 12.4. The molecule has 0 unspecified atom stereocenters. The summed E-state index contributed by atoms with van der Waals surface area (Å²) in [6, 6.07) is 9.03. The van der Waals surface area contributed by atoms with Crippen LogP contribution in [0.25, 0.3) is 0 Å². The average Bonchev–Trinajstić information content (AvgIpc) is 2.50. The first-order chi connectivity index (χ1) is 10.8. The molecule has 23 heavy (non-hydrogen) atoms. The van der Waals surface area contributed by atoms with Gasteiger partial charge in [-0.3, -0.25) is 14.9 Å². The number of hydrogen-bond acceptors (Lipinski definition) is 4. The van der Waals surface area contributed by atoms with Crippen LogP contribution in [0.3, 0.4) is 0 Å². The molecule has 2 N–H and O–H groups in total. The van der Waals surface area contributed by atoms with Gasteiger partial charge in [0.15, 0.2) is 0 Å². The highest BCUT2D eigenvalue weighted by atomic mass is 35.5. The van der Waals surface area contributed by atoms with Gasteiger partial charge in [-0.1, -0.05) is 29.3 Å². The molecule has 0 aliphatic heterocycles. The van der Waals surface area contributed by atoms with Crippen molar-refractivity contribution in [3.63, 3.8) is 0 Å². The van der Waals surface area contributed by atoms with Crippen molar-refractivity contribution in [1.29, 1.82) is 0 Å².